The molecule has 3 aliphatic rings. The maximum absolute atomic E-state index is 12.7. The highest BCUT2D eigenvalue weighted by atomic mass is 16.2. The van der Waals surface area contributed by atoms with E-state index in [2.05, 4.69) is 16.0 Å². The molecule has 0 bridgehead atoms. The van der Waals surface area contributed by atoms with E-state index in [1.54, 1.807) is 12.3 Å². The number of anilines is 1. The molecule has 7 nitrogen and oxygen atoms in total. The molecule has 1 saturated carbocycles. The van der Waals surface area contributed by atoms with Crippen LogP contribution in [0.1, 0.15) is 24.8 Å². The van der Waals surface area contributed by atoms with E-state index in [4.69, 9.17) is 5.26 Å². The summed E-state index contributed by atoms with van der Waals surface area (Å²) in [6.07, 6.45) is 4.11. The second kappa shape index (κ2) is 6.36. The van der Waals surface area contributed by atoms with Crippen molar-refractivity contribution in [3.63, 3.8) is 0 Å². The van der Waals surface area contributed by atoms with E-state index in [0.29, 0.717) is 37.7 Å². The standard InChI is InChI=1S/C18H21N5O2/c19-10-13-1-4-16(20-11-13)21-5-7-22(8-6-21)18(25)14-9-17(24)23(12-14)15-2-3-15/h1,4,11,14-15H,2-3,5-9,12H2/t14-/m1/s1. The monoisotopic (exact) mass is 339 g/mol. The van der Waals surface area contributed by atoms with Gasteiger partial charge in [0.2, 0.25) is 11.8 Å². The van der Waals surface area contributed by atoms with Gasteiger partial charge in [0.1, 0.15) is 11.9 Å². The molecule has 2 amide bonds. The van der Waals surface area contributed by atoms with Crippen molar-refractivity contribution in [1.82, 2.24) is 14.8 Å². The second-order valence-electron chi connectivity index (χ2n) is 7.01. The highest BCUT2D eigenvalue weighted by Crippen LogP contribution is 2.33. The van der Waals surface area contributed by atoms with Crippen LogP contribution in [0, 0.1) is 17.2 Å². The SMILES string of the molecule is N#Cc1ccc(N2CCN(C(=O)[C@@H]3CC(=O)N(C4CC4)C3)CC2)nc1. The Morgan fingerprint density at radius 2 is 1.96 bits per heavy atom. The fourth-order valence-electron chi connectivity index (χ4n) is 3.69. The third-order valence-corrected chi connectivity index (χ3v) is 5.29. The number of nitrogens with zero attached hydrogens (tertiary/aromatic N) is 5. The molecule has 1 aromatic heterocycles. The van der Waals surface area contributed by atoms with Gasteiger partial charge in [0.15, 0.2) is 0 Å². The lowest BCUT2D eigenvalue weighted by atomic mass is 10.1. The largest absolute Gasteiger partial charge is 0.353 e. The van der Waals surface area contributed by atoms with E-state index in [-0.39, 0.29) is 17.7 Å². The van der Waals surface area contributed by atoms with Crippen LogP contribution in [-0.4, -0.2) is 65.4 Å². The minimum atomic E-state index is -0.173. The van der Waals surface area contributed by atoms with Crippen molar-refractivity contribution in [2.75, 3.05) is 37.6 Å². The first-order valence-electron chi connectivity index (χ1n) is 8.85. The van der Waals surface area contributed by atoms with Crippen molar-refractivity contribution in [2.45, 2.75) is 25.3 Å². The minimum absolute atomic E-state index is 0.115. The van der Waals surface area contributed by atoms with Gasteiger partial charge in [-0.05, 0) is 25.0 Å². The van der Waals surface area contributed by atoms with E-state index < -0.39 is 0 Å². The molecule has 3 fully saturated rings. The molecule has 4 rings (SSSR count). The molecule has 0 spiro atoms. The lowest BCUT2D eigenvalue weighted by Gasteiger charge is -2.36. The summed E-state index contributed by atoms with van der Waals surface area (Å²) in [5.41, 5.74) is 0.545. The smallest absolute Gasteiger partial charge is 0.228 e. The normalized spacial score (nSPS) is 23.7. The molecule has 130 valence electrons. The quantitative estimate of drug-likeness (QED) is 0.806. The molecule has 0 N–H and O–H groups in total. The summed E-state index contributed by atoms with van der Waals surface area (Å²) in [6.45, 7) is 3.33. The summed E-state index contributed by atoms with van der Waals surface area (Å²) in [4.78, 5) is 35.0. The third-order valence-electron chi connectivity index (χ3n) is 5.29. The zero-order valence-electron chi connectivity index (χ0n) is 14.1. The van der Waals surface area contributed by atoms with Gasteiger partial charge in [-0.1, -0.05) is 0 Å². The number of likely N-dealkylation sites (tertiary alicyclic amines) is 1. The Morgan fingerprint density at radius 3 is 2.56 bits per heavy atom. The number of hydrogen-bond donors (Lipinski definition) is 0. The van der Waals surface area contributed by atoms with E-state index >= 15 is 0 Å². The number of amides is 2. The van der Waals surface area contributed by atoms with Gasteiger partial charge in [0, 0.05) is 51.4 Å². The summed E-state index contributed by atoms with van der Waals surface area (Å²) < 4.78 is 0. The zero-order chi connectivity index (χ0) is 17.4. The lowest BCUT2D eigenvalue weighted by Crippen LogP contribution is -2.51. The number of nitriles is 1. The molecule has 7 heteroatoms. The molecular weight excluding hydrogens is 318 g/mol. The van der Waals surface area contributed by atoms with Gasteiger partial charge in [0.25, 0.3) is 0 Å². The fourth-order valence-corrected chi connectivity index (χ4v) is 3.69. The highest BCUT2D eigenvalue weighted by Gasteiger charge is 2.43. The van der Waals surface area contributed by atoms with Crippen LogP contribution in [0.5, 0.6) is 0 Å². The summed E-state index contributed by atoms with van der Waals surface area (Å²) in [5.74, 6) is 0.917. The molecular formula is C18H21N5O2. The molecule has 0 radical (unpaired) electrons. The first-order chi connectivity index (χ1) is 12.2. The first kappa shape index (κ1) is 15.9. The Morgan fingerprint density at radius 1 is 1.20 bits per heavy atom. The lowest BCUT2D eigenvalue weighted by molar-refractivity contribution is -0.136. The molecule has 2 aliphatic heterocycles. The fraction of sp³-hybridized carbons (Fsp3) is 0.556. The predicted octanol–water partition coefficient (Wildman–Crippen LogP) is 0.613. The zero-order valence-corrected chi connectivity index (χ0v) is 14.1. The number of rotatable bonds is 3. The summed E-state index contributed by atoms with van der Waals surface area (Å²) in [5, 5.41) is 8.84. The number of piperazine rings is 1. The van der Waals surface area contributed by atoms with E-state index in [0.717, 1.165) is 31.7 Å². The van der Waals surface area contributed by atoms with Crippen LogP contribution < -0.4 is 4.90 Å². The van der Waals surface area contributed by atoms with Gasteiger partial charge in [-0.3, -0.25) is 9.59 Å². The summed E-state index contributed by atoms with van der Waals surface area (Å²) in [6, 6.07) is 6.06. The van der Waals surface area contributed by atoms with E-state index in [1.807, 2.05) is 15.9 Å². The topological polar surface area (TPSA) is 80.5 Å². The van der Waals surface area contributed by atoms with Crippen LogP contribution in [-0.2, 0) is 9.59 Å². The second-order valence-corrected chi connectivity index (χ2v) is 7.01. The molecule has 1 aromatic rings. The number of carbonyl (C=O) groups is 2. The Balaban J connectivity index is 1.33. The van der Waals surface area contributed by atoms with Crippen molar-refractivity contribution in [3.8, 4) is 6.07 Å². The summed E-state index contributed by atoms with van der Waals surface area (Å²) in [7, 11) is 0. The van der Waals surface area contributed by atoms with Gasteiger partial charge in [-0.25, -0.2) is 4.98 Å². The van der Waals surface area contributed by atoms with Crippen LogP contribution in [0.15, 0.2) is 18.3 Å². The molecule has 1 atom stereocenters. The molecule has 0 aromatic carbocycles. The van der Waals surface area contributed by atoms with Crippen LogP contribution in [0.3, 0.4) is 0 Å². The average molecular weight is 339 g/mol. The number of carbonyl (C=O) groups excluding carboxylic acids is 2. The van der Waals surface area contributed by atoms with Gasteiger partial charge in [-0.15, -0.1) is 0 Å². The van der Waals surface area contributed by atoms with Gasteiger partial charge in [0.05, 0.1) is 11.5 Å². The Labute approximate surface area is 146 Å². The van der Waals surface area contributed by atoms with Crippen LogP contribution in [0.4, 0.5) is 5.82 Å². The van der Waals surface area contributed by atoms with E-state index in [1.165, 1.54) is 0 Å². The highest BCUT2D eigenvalue weighted by molar-refractivity contribution is 5.89. The first-order valence-corrected chi connectivity index (χ1v) is 8.85. The summed E-state index contributed by atoms with van der Waals surface area (Å²) >= 11 is 0. The predicted molar refractivity (Wildman–Crippen MR) is 90.6 cm³/mol. The Hall–Kier alpha value is -2.62. The van der Waals surface area contributed by atoms with Gasteiger partial charge >= 0.3 is 0 Å². The molecule has 25 heavy (non-hydrogen) atoms. The molecule has 3 heterocycles. The van der Waals surface area contributed by atoms with E-state index in [9.17, 15) is 9.59 Å². The van der Waals surface area contributed by atoms with Gasteiger partial charge < -0.3 is 14.7 Å². The maximum Gasteiger partial charge on any atom is 0.228 e. The molecule has 2 saturated heterocycles. The van der Waals surface area contributed by atoms with Crippen LogP contribution in [0.25, 0.3) is 0 Å². The molecule has 0 unspecified atom stereocenters. The molecule has 1 aliphatic carbocycles. The number of hydrogen-bond acceptors (Lipinski definition) is 5. The van der Waals surface area contributed by atoms with Crippen LogP contribution >= 0.6 is 0 Å². The Bertz CT molecular complexity index is 714. The van der Waals surface area contributed by atoms with Crippen molar-refractivity contribution < 1.29 is 9.59 Å². The van der Waals surface area contributed by atoms with Crippen molar-refractivity contribution in [2.24, 2.45) is 5.92 Å². The number of aromatic nitrogens is 1. The van der Waals surface area contributed by atoms with Crippen molar-refractivity contribution in [1.29, 1.82) is 5.26 Å². The van der Waals surface area contributed by atoms with Gasteiger partial charge in [-0.2, -0.15) is 5.26 Å². The minimum Gasteiger partial charge on any atom is -0.353 e. The number of pyridine rings is 1. The maximum atomic E-state index is 12.7. The van der Waals surface area contributed by atoms with Crippen LogP contribution in [0.2, 0.25) is 0 Å². The Kier molecular flexibility index (Phi) is 4.04. The van der Waals surface area contributed by atoms with Crippen molar-refractivity contribution in [3.05, 3.63) is 23.9 Å². The van der Waals surface area contributed by atoms with Crippen molar-refractivity contribution >= 4 is 17.6 Å². The third kappa shape index (κ3) is 3.16. The average Bonchev–Trinajstić information content (AvgIpc) is 3.43.